The van der Waals surface area contributed by atoms with Crippen molar-refractivity contribution >= 4 is 40.3 Å². The molecule has 0 unspecified atom stereocenters. The van der Waals surface area contributed by atoms with Gasteiger partial charge in [0.1, 0.15) is 11.6 Å². The normalized spacial score (nSPS) is 10.8. The highest BCUT2D eigenvalue weighted by Crippen LogP contribution is 2.20. The molecule has 0 fully saturated rings. The van der Waals surface area contributed by atoms with Crippen LogP contribution >= 0.6 is 23.8 Å². The van der Waals surface area contributed by atoms with Crippen molar-refractivity contribution in [3.05, 3.63) is 95.0 Å². The molecule has 0 aliphatic heterocycles. The molecular formula is C21H17ClF2N6S. The van der Waals surface area contributed by atoms with Crippen LogP contribution < -0.4 is 10.6 Å². The molecule has 0 aliphatic rings. The van der Waals surface area contributed by atoms with Gasteiger partial charge in [-0.2, -0.15) is 10.2 Å². The van der Waals surface area contributed by atoms with Gasteiger partial charge in [0.2, 0.25) is 0 Å². The monoisotopic (exact) mass is 458 g/mol. The van der Waals surface area contributed by atoms with Crippen molar-refractivity contribution < 1.29 is 8.78 Å². The van der Waals surface area contributed by atoms with E-state index >= 15 is 0 Å². The summed E-state index contributed by atoms with van der Waals surface area (Å²) in [6.45, 7) is 0.705. The Morgan fingerprint density at radius 2 is 1.52 bits per heavy atom. The number of aromatic nitrogens is 4. The van der Waals surface area contributed by atoms with E-state index in [-0.39, 0.29) is 18.2 Å². The number of benzene rings is 2. The lowest BCUT2D eigenvalue weighted by Crippen LogP contribution is -2.18. The minimum Gasteiger partial charge on any atom is -0.330 e. The van der Waals surface area contributed by atoms with Gasteiger partial charge < -0.3 is 10.6 Å². The number of thiocarbonyl (C=S) groups is 1. The zero-order chi connectivity index (χ0) is 21.8. The second-order valence-electron chi connectivity index (χ2n) is 6.76. The van der Waals surface area contributed by atoms with Gasteiger partial charge in [0, 0.05) is 23.0 Å². The fraction of sp³-hybridized carbons (Fsp3) is 0.0952. The lowest BCUT2D eigenvalue weighted by molar-refractivity contribution is 0.585. The van der Waals surface area contributed by atoms with Gasteiger partial charge in [-0.3, -0.25) is 9.36 Å². The summed E-state index contributed by atoms with van der Waals surface area (Å²) in [5.74, 6) is -0.657. The van der Waals surface area contributed by atoms with Crippen LogP contribution in [0.2, 0.25) is 5.02 Å². The van der Waals surface area contributed by atoms with Crippen molar-refractivity contribution in [2.45, 2.75) is 13.1 Å². The summed E-state index contributed by atoms with van der Waals surface area (Å²) in [7, 11) is 0. The molecule has 2 aromatic carbocycles. The van der Waals surface area contributed by atoms with E-state index in [9.17, 15) is 8.78 Å². The number of hydrogen-bond donors (Lipinski definition) is 2. The van der Waals surface area contributed by atoms with Crippen LogP contribution in [-0.4, -0.2) is 24.7 Å². The van der Waals surface area contributed by atoms with Gasteiger partial charge in [0.05, 0.1) is 36.9 Å². The zero-order valence-electron chi connectivity index (χ0n) is 16.1. The van der Waals surface area contributed by atoms with Crippen LogP contribution in [-0.2, 0) is 13.1 Å². The summed E-state index contributed by atoms with van der Waals surface area (Å²) in [6.07, 6.45) is 6.72. The molecule has 2 N–H and O–H groups in total. The molecule has 2 heterocycles. The number of nitrogens with zero attached hydrogens (tertiary/aromatic N) is 4. The molecule has 4 aromatic rings. The third kappa shape index (κ3) is 5.44. The number of anilines is 2. The summed E-state index contributed by atoms with van der Waals surface area (Å²) in [4.78, 5) is 0. The van der Waals surface area contributed by atoms with Crippen LogP contribution in [0.25, 0.3) is 0 Å². The number of nitrogens with one attached hydrogen (secondary N) is 2. The van der Waals surface area contributed by atoms with E-state index in [1.807, 2.05) is 0 Å². The van der Waals surface area contributed by atoms with Crippen molar-refractivity contribution in [2.24, 2.45) is 0 Å². The SMILES string of the molecule is Fc1ccc(Cn2cc(NC(=S)Nc3cnn(Cc4c(F)cccc4Cl)c3)cn2)cc1. The molecule has 0 bridgehead atoms. The first-order chi connectivity index (χ1) is 15.0. The Morgan fingerprint density at radius 1 is 0.903 bits per heavy atom. The lowest BCUT2D eigenvalue weighted by Gasteiger charge is -2.07. The molecular weight excluding hydrogens is 442 g/mol. The quantitative estimate of drug-likeness (QED) is 0.402. The molecule has 0 aliphatic carbocycles. The average Bonchev–Trinajstić information content (AvgIpc) is 3.36. The summed E-state index contributed by atoms with van der Waals surface area (Å²) in [6, 6.07) is 10.8. The van der Waals surface area contributed by atoms with Crippen molar-refractivity contribution in [1.29, 1.82) is 0 Å². The van der Waals surface area contributed by atoms with Crippen LogP contribution in [0.15, 0.2) is 67.3 Å². The molecule has 0 amide bonds. The van der Waals surface area contributed by atoms with E-state index in [0.29, 0.717) is 33.6 Å². The van der Waals surface area contributed by atoms with Gasteiger partial charge in [0.15, 0.2) is 5.11 Å². The first kappa shape index (κ1) is 21.0. The summed E-state index contributed by atoms with van der Waals surface area (Å²) in [5, 5.41) is 15.2. The van der Waals surface area contributed by atoms with Crippen molar-refractivity contribution in [1.82, 2.24) is 19.6 Å². The predicted octanol–water partition coefficient (Wildman–Crippen LogP) is 4.92. The first-order valence-electron chi connectivity index (χ1n) is 9.26. The van der Waals surface area contributed by atoms with Crippen LogP contribution in [0, 0.1) is 11.6 Å². The Hall–Kier alpha value is -3.30. The van der Waals surface area contributed by atoms with E-state index < -0.39 is 0 Å². The van der Waals surface area contributed by atoms with Crippen LogP contribution in [0.1, 0.15) is 11.1 Å². The second kappa shape index (κ2) is 9.23. The van der Waals surface area contributed by atoms with Gasteiger partial charge in [0.25, 0.3) is 0 Å². The summed E-state index contributed by atoms with van der Waals surface area (Å²) >= 11 is 11.4. The molecule has 10 heteroatoms. The van der Waals surface area contributed by atoms with Gasteiger partial charge in [-0.25, -0.2) is 8.78 Å². The molecule has 6 nitrogen and oxygen atoms in total. The van der Waals surface area contributed by atoms with E-state index in [0.717, 1.165) is 5.56 Å². The Morgan fingerprint density at radius 3 is 2.13 bits per heavy atom. The fourth-order valence-corrected chi connectivity index (χ4v) is 3.40. The van der Waals surface area contributed by atoms with Crippen LogP contribution in [0.5, 0.6) is 0 Å². The molecule has 31 heavy (non-hydrogen) atoms. The lowest BCUT2D eigenvalue weighted by atomic mass is 10.2. The maximum atomic E-state index is 14.0. The van der Waals surface area contributed by atoms with Crippen molar-refractivity contribution in [2.75, 3.05) is 10.6 Å². The third-order valence-electron chi connectivity index (χ3n) is 4.42. The maximum absolute atomic E-state index is 14.0. The number of hydrogen-bond acceptors (Lipinski definition) is 3. The third-order valence-corrected chi connectivity index (χ3v) is 4.98. The van der Waals surface area contributed by atoms with Crippen LogP contribution in [0.3, 0.4) is 0 Å². The maximum Gasteiger partial charge on any atom is 0.175 e. The van der Waals surface area contributed by atoms with E-state index in [1.165, 1.54) is 18.2 Å². The molecule has 2 aromatic heterocycles. The second-order valence-corrected chi connectivity index (χ2v) is 7.57. The summed E-state index contributed by atoms with van der Waals surface area (Å²) < 4.78 is 30.3. The van der Waals surface area contributed by atoms with Crippen molar-refractivity contribution in [3.63, 3.8) is 0 Å². The molecule has 0 saturated heterocycles. The van der Waals surface area contributed by atoms with Gasteiger partial charge in [-0.05, 0) is 42.0 Å². The van der Waals surface area contributed by atoms with E-state index in [2.05, 4.69) is 20.8 Å². The Labute approximate surface area is 187 Å². The van der Waals surface area contributed by atoms with Crippen molar-refractivity contribution in [3.8, 4) is 0 Å². The molecule has 0 saturated carbocycles. The van der Waals surface area contributed by atoms with E-state index in [4.69, 9.17) is 23.8 Å². The number of rotatable bonds is 6. The van der Waals surface area contributed by atoms with Gasteiger partial charge in [-0.1, -0.05) is 29.8 Å². The van der Waals surface area contributed by atoms with Gasteiger partial charge >= 0.3 is 0 Å². The molecule has 4 rings (SSSR count). The van der Waals surface area contributed by atoms with Crippen LogP contribution in [0.4, 0.5) is 20.2 Å². The standard InChI is InChI=1S/C21H17ClF2N6S/c22-19-2-1-3-20(24)18(19)13-30-12-17(9-26-30)28-21(31)27-16-8-25-29(11-16)10-14-4-6-15(23)7-5-14/h1-9,11-12H,10,13H2,(H2,27,28,31). The Kier molecular flexibility index (Phi) is 6.24. The molecule has 158 valence electrons. The van der Waals surface area contributed by atoms with E-state index in [1.54, 1.807) is 58.4 Å². The largest absolute Gasteiger partial charge is 0.330 e. The molecule has 0 radical (unpaired) electrons. The highest BCUT2D eigenvalue weighted by atomic mass is 35.5. The minimum absolute atomic E-state index is 0.198. The zero-order valence-corrected chi connectivity index (χ0v) is 17.7. The highest BCUT2D eigenvalue weighted by Gasteiger charge is 2.09. The molecule has 0 atom stereocenters. The Bertz CT molecular complexity index is 1180. The minimum atomic E-state index is -0.382. The fourth-order valence-electron chi connectivity index (χ4n) is 2.94. The Balaban J connectivity index is 1.33. The molecule has 0 spiro atoms. The van der Waals surface area contributed by atoms with Gasteiger partial charge in [-0.15, -0.1) is 0 Å². The average molecular weight is 459 g/mol. The first-order valence-corrected chi connectivity index (χ1v) is 10.0. The predicted molar refractivity (Wildman–Crippen MR) is 120 cm³/mol. The topological polar surface area (TPSA) is 59.7 Å². The highest BCUT2D eigenvalue weighted by molar-refractivity contribution is 7.80. The summed E-state index contributed by atoms with van der Waals surface area (Å²) in [5.41, 5.74) is 2.64. The number of halogens is 3. The smallest absolute Gasteiger partial charge is 0.175 e.